The molecule has 19 heavy (non-hydrogen) atoms. The molecule has 4 nitrogen and oxygen atoms in total. The maximum atomic E-state index is 12.4. The van der Waals surface area contributed by atoms with Gasteiger partial charge >= 0.3 is 0 Å². The number of benzene rings is 1. The molecule has 2 N–H and O–H groups in total. The lowest BCUT2D eigenvalue weighted by Gasteiger charge is -2.33. The molecule has 1 aliphatic rings. The summed E-state index contributed by atoms with van der Waals surface area (Å²) in [4.78, 5) is 26.3. The van der Waals surface area contributed by atoms with Gasteiger partial charge in [0.15, 0.2) is 0 Å². The maximum Gasteiger partial charge on any atom is 0.240 e. The molecule has 0 spiro atoms. The first kappa shape index (κ1) is 13.9. The van der Waals surface area contributed by atoms with Gasteiger partial charge in [0.2, 0.25) is 5.91 Å². The second-order valence-electron chi connectivity index (χ2n) is 4.68. The summed E-state index contributed by atoms with van der Waals surface area (Å²) in [5, 5.41) is -0.0666. The fourth-order valence-electron chi connectivity index (χ4n) is 2.10. The number of hydrogen-bond donors (Lipinski definition) is 1. The molecule has 1 aromatic rings. The van der Waals surface area contributed by atoms with E-state index in [-0.39, 0.29) is 16.9 Å². The minimum Gasteiger partial charge on any atom is -0.399 e. The molecule has 0 radical (unpaired) electrons. The van der Waals surface area contributed by atoms with Gasteiger partial charge in [-0.05, 0) is 31.5 Å². The van der Waals surface area contributed by atoms with Crippen LogP contribution in [0, 0.1) is 0 Å². The molecule has 0 fully saturated rings. The van der Waals surface area contributed by atoms with Crippen molar-refractivity contribution in [1.29, 1.82) is 0 Å². The Bertz CT molecular complexity index is 516. The van der Waals surface area contributed by atoms with E-state index in [2.05, 4.69) is 0 Å². The molecular weight excluding hydrogens is 260 g/mol. The van der Waals surface area contributed by atoms with Crippen molar-refractivity contribution in [2.45, 2.75) is 36.8 Å². The number of nitrogens with two attached hydrogens (primary N) is 1. The summed E-state index contributed by atoms with van der Waals surface area (Å²) in [5.41, 5.74) is 7.27. The Morgan fingerprint density at radius 2 is 2.21 bits per heavy atom. The third-order valence-electron chi connectivity index (χ3n) is 3.14. The Labute approximate surface area is 117 Å². The Morgan fingerprint density at radius 3 is 2.84 bits per heavy atom. The second kappa shape index (κ2) is 5.65. The van der Waals surface area contributed by atoms with E-state index in [0.29, 0.717) is 18.7 Å². The SMILES string of the molecule is CCC1Sc2ccc(N)cc2N(CCC(C)=O)C1=O. The summed E-state index contributed by atoms with van der Waals surface area (Å²) in [5.74, 6) is 0.163. The number of amides is 1. The highest BCUT2D eigenvalue weighted by atomic mass is 32.2. The van der Waals surface area contributed by atoms with E-state index in [1.165, 1.54) is 0 Å². The van der Waals surface area contributed by atoms with E-state index in [9.17, 15) is 9.59 Å². The van der Waals surface area contributed by atoms with Crippen LogP contribution in [0.3, 0.4) is 0 Å². The number of thioether (sulfide) groups is 1. The standard InChI is InChI=1S/C14H18N2O2S/c1-3-12-14(18)16(7-6-9(2)17)11-8-10(15)4-5-13(11)19-12/h4-5,8,12H,3,6-7,15H2,1-2H3. The summed E-state index contributed by atoms with van der Waals surface area (Å²) < 4.78 is 0. The van der Waals surface area contributed by atoms with Crippen molar-refractivity contribution in [1.82, 2.24) is 0 Å². The normalized spacial score (nSPS) is 18.3. The van der Waals surface area contributed by atoms with Gasteiger partial charge in [-0.2, -0.15) is 0 Å². The van der Waals surface area contributed by atoms with Crippen molar-refractivity contribution in [3.8, 4) is 0 Å². The largest absolute Gasteiger partial charge is 0.399 e. The average molecular weight is 278 g/mol. The molecule has 1 aromatic carbocycles. The Morgan fingerprint density at radius 1 is 1.47 bits per heavy atom. The second-order valence-corrected chi connectivity index (χ2v) is 5.93. The lowest BCUT2D eigenvalue weighted by atomic mass is 10.2. The van der Waals surface area contributed by atoms with Crippen molar-refractivity contribution in [3.05, 3.63) is 18.2 Å². The van der Waals surface area contributed by atoms with Crippen LogP contribution in [0.25, 0.3) is 0 Å². The van der Waals surface area contributed by atoms with Crippen LogP contribution in [0.15, 0.2) is 23.1 Å². The Hall–Kier alpha value is -1.49. The number of Topliss-reactive ketones (excluding diaryl/α,β-unsaturated/α-hetero) is 1. The fourth-order valence-corrected chi connectivity index (χ4v) is 3.24. The smallest absolute Gasteiger partial charge is 0.240 e. The molecule has 1 atom stereocenters. The summed E-state index contributed by atoms with van der Waals surface area (Å²) >= 11 is 1.58. The van der Waals surface area contributed by atoms with Gasteiger partial charge in [0.05, 0.1) is 10.9 Å². The number of rotatable bonds is 4. The molecule has 1 aliphatic heterocycles. The third-order valence-corrected chi connectivity index (χ3v) is 4.56. The monoisotopic (exact) mass is 278 g/mol. The topological polar surface area (TPSA) is 63.4 Å². The van der Waals surface area contributed by atoms with Gasteiger partial charge in [0.25, 0.3) is 0 Å². The molecule has 1 heterocycles. The van der Waals surface area contributed by atoms with Crippen molar-refractivity contribution in [2.24, 2.45) is 0 Å². The lowest BCUT2D eigenvalue weighted by molar-refractivity contribution is -0.118. The maximum absolute atomic E-state index is 12.4. The zero-order valence-corrected chi connectivity index (χ0v) is 12.0. The molecule has 1 amide bonds. The number of carbonyl (C=O) groups is 2. The van der Waals surface area contributed by atoms with E-state index in [0.717, 1.165) is 17.0 Å². The van der Waals surface area contributed by atoms with E-state index >= 15 is 0 Å². The molecule has 0 bridgehead atoms. The lowest BCUT2D eigenvalue weighted by Crippen LogP contribution is -2.41. The highest BCUT2D eigenvalue weighted by Gasteiger charge is 2.32. The molecule has 1 unspecified atom stereocenters. The summed E-state index contributed by atoms with van der Waals surface area (Å²) in [6, 6.07) is 5.61. The molecule has 0 aliphatic carbocycles. The molecule has 5 heteroatoms. The van der Waals surface area contributed by atoms with Crippen molar-refractivity contribution < 1.29 is 9.59 Å². The molecule has 0 aromatic heterocycles. The predicted molar refractivity (Wildman–Crippen MR) is 78.4 cm³/mol. The van der Waals surface area contributed by atoms with Crippen molar-refractivity contribution >= 4 is 34.8 Å². The third kappa shape index (κ3) is 2.92. The van der Waals surface area contributed by atoms with E-state index < -0.39 is 0 Å². The number of carbonyl (C=O) groups excluding carboxylic acids is 2. The molecule has 0 saturated heterocycles. The van der Waals surface area contributed by atoms with Crippen LogP contribution in [0.4, 0.5) is 11.4 Å². The van der Waals surface area contributed by atoms with E-state index in [4.69, 9.17) is 5.73 Å². The zero-order valence-electron chi connectivity index (χ0n) is 11.2. The van der Waals surface area contributed by atoms with Crippen LogP contribution < -0.4 is 10.6 Å². The zero-order chi connectivity index (χ0) is 14.0. The van der Waals surface area contributed by atoms with Crippen molar-refractivity contribution in [2.75, 3.05) is 17.2 Å². The van der Waals surface area contributed by atoms with Gasteiger partial charge in [0.1, 0.15) is 5.78 Å². The molecular formula is C14H18N2O2S. The Balaban J connectivity index is 2.35. The van der Waals surface area contributed by atoms with Crippen molar-refractivity contribution in [3.63, 3.8) is 0 Å². The fraction of sp³-hybridized carbons (Fsp3) is 0.429. The van der Waals surface area contributed by atoms with Gasteiger partial charge < -0.3 is 10.6 Å². The summed E-state index contributed by atoms with van der Waals surface area (Å²) in [6.07, 6.45) is 1.16. The number of nitrogens with zero attached hydrogens (tertiary/aromatic N) is 1. The minimum atomic E-state index is -0.0666. The van der Waals surface area contributed by atoms with Crippen LogP contribution in [0.5, 0.6) is 0 Å². The Kier molecular flexibility index (Phi) is 4.14. The van der Waals surface area contributed by atoms with Gasteiger partial charge in [0, 0.05) is 23.5 Å². The summed E-state index contributed by atoms with van der Waals surface area (Å²) in [6.45, 7) is 3.98. The van der Waals surface area contributed by atoms with E-state index in [1.807, 2.05) is 25.1 Å². The highest BCUT2D eigenvalue weighted by molar-refractivity contribution is 8.01. The first-order chi connectivity index (χ1) is 9.02. The minimum absolute atomic E-state index is 0.0666. The number of fused-ring (bicyclic) bond motifs is 1. The molecule has 2 rings (SSSR count). The highest BCUT2D eigenvalue weighted by Crippen LogP contribution is 2.41. The van der Waals surface area contributed by atoms with Gasteiger partial charge in [-0.1, -0.05) is 6.92 Å². The van der Waals surface area contributed by atoms with Crippen LogP contribution in [-0.4, -0.2) is 23.5 Å². The molecule has 102 valence electrons. The first-order valence-corrected chi connectivity index (χ1v) is 7.28. The van der Waals surface area contributed by atoms with Gasteiger partial charge in [-0.15, -0.1) is 11.8 Å². The quantitative estimate of drug-likeness (QED) is 0.859. The average Bonchev–Trinajstić information content (AvgIpc) is 2.37. The predicted octanol–water partition coefficient (Wildman–Crippen LogP) is 2.47. The van der Waals surface area contributed by atoms with Crippen LogP contribution in [-0.2, 0) is 9.59 Å². The van der Waals surface area contributed by atoms with Gasteiger partial charge in [-0.25, -0.2) is 0 Å². The van der Waals surface area contributed by atoms with Gasteiger partial charge in [-0.3, -0.25) is 9.59 Å². The number of anilines is 2. The molecule has 0 saturated carbocycles. The first-order valence-electron chi connectivity index (χ1n) is 6.40. The van der Waals surface area contributed by atoms with Crippen LogP contribution in [0.1, 0.15) is 26.7 Å². The number of ketones is 1. The number of hydrogen-bond acceptors (Lipinski definition) is 4. The number of nitrogen functional groups attached to an aromatic ring is 1. The van der Waals surface area contributed by atoms with Crippen LogP contribution in [0.2, 0.25) is 0 Å². The summed E-state index contributed by atoms with van der Waals surface area (Å²) in [7, 11) is 0. The van der Waals surface area contributed by atoms with Crippen LogP contribution >= 0.6 is 11.8 Å². The van der Waals surface area contributed by atoms with E-state index in [1.54, 1.807) is 23.6 Å².